The fourth-order valence-corrected chi connectivity index (χ4v) is 1.31. The summed E-state index contributed by atoms with van der Waals surface area (Å²) < 4.78 is 4.93. The van der Waals surface area contributed by atoms with E-state index >= 15 is 0 Å². The summed E-state index contributed by atoms with van der Waals surface area (Å²) >= 11 is 0. The summed E-state index contributed by atoms with van der Waals surface area (Å²) in [5, 5.41) is 0. The number of H-pyrrole nitrogens is 1. The maximum atomic E-state index is 11.2. The topological polar surface area (TPSA) is 55.0 Å². The van der Waals surface area contributed by atoms with E-state index in [4.69, 9.17) is 4.74 Å². The van der Waals surface area contributed by atoms with E-state index in [1.165, 1.54) is 7.11 Å². The van der Waals surface area contributed by atoms with Gasteiger partial charge in [-0.2, -0.15) is 4.98 Å². The summed E-state index contributed by atoms with van der Waals surface area (Å²) in [6, 6.07) is 11.2. The maximum Gasteiger partial charge on any atom is 0.348 e. The van der Waals surface area contributed by atoms with Gasteiger partial charge in [0.1, 0.15) is 0 Å². The summed E-state index contributed by atoms with van der Waals surface area (Å²) in [5.74, 6) is 0.317. The van der Waals surface area contributed by atoms with Crippen LogP contribution in [0.25, 0.3) is 11.3 Å². The average molecular weight is 202 g/mol. The number of aromatic amines is 1. The van der Waals surface area contributed by atoms with E-state index in [0.717, 1.165) is 5.56 Å². The van der Waals surface area contributed by atoms with Crippen LogP contribution in [0.2, 0.25) is 0 Å². The molecule has 0 saturated heterocycles. The summed E-state index contributed by atoms with van der Waals surface area (Å²) in [4.78, 5) is 17.5. The predicted molar refractivity (Wildman–Crippen MR) is 56.8 cm³/mol. The first-order chi connectivity index (χ1) is 7.29. The minimum Gasteiger partial charge on any atom is -0.481 e. The Morgan fingerprint density at radius 2 is 2.00 bits per heavy atom. The Balaban J connectivity index is 2.54. The molecular formula is C11H10N2O2. The standard InChI is InChI=1S/C11H10N2O2/c1-15-10-7-9(12-11(14)13-10)8-5-3-2-4-6-8/h2-7H,1H3,(H,12,13,14). The van der Waals surface area contributed by atoms with Crippen molar-refractivity contribution >= 4 is 0 Å². The summed E-state index contributed by atoms with van der Waals surface area (Å²) in [7, 11) is 1.48. The first-order valence-electron chi connectivity index (χ1n) is 4.50. The number of hydrogen-bond donors (Lipinski definition) is 1. The molecule has 0 bridgehead atoms. The third kappa shape index (κ3) is 2.04. The largest absolute Gasteiger partial charge is 0.481 e. The first kappa shape index (κ1) is 9.45. The van der Waals surface area contributed by atoms with Crippen LogP contribution in [0.3, 0.4) is 0 Å². The molecule has 0 fully saturated rings. The highest BCUT2D eigenvalue weighted by atomic mass is 16.5. The van der Waals surface area contributed by atoms with Gasteiger partial charge >= 0.3 is 5.69 Å². The number of hydrogen-bond acceptors (Lipinski definition) is 3. The molecule has 1 aromatic carbocycles. The molecule has 2 rings (SSSR count). The molecule has 0 atom stereocenters. The van der Waals surface area contributed by atoms with Gasteiger partial charge in [0.25, 0.3) is 0 Å². The lowest BCUT2D eigenvalue weighted by Gasteiger charge is -2.02. The fraction of sp³-hybridized carbons (Fsp3) is 0.0909. The number of benzene rings is 1. The molecule has 1 N–H and O–H groups in total. The average Bonchev–Trinajstić information content (AvgIpc) is 2.29. The van der Waals surface area contributed by atoms with Crippen LogP contribution in [0.15, 0.2) is 41.2 Å². The second-order valence-electron chi connectivity index (χ2n) is 3.01. The van der Waals surface area contributed by atoms with Gasteiger partial charge in [0.05, 0.1) is 12.8 Å². The zero-order valence-corrected chi connectivity index (χ0v) is 8.23. The molecule has 1 aromatic heterocycles. The number of nitrogens with zero attached hydrogens (tertiary/aromatic N) is 1. The van der Waals surface area contributed by atoms with Crippen LogP contribution < -0.4 is 10.4 Å². The van der Waals surface area contributed by atoms with Crippen molar-refractivity contribution in [1.29, 1.82) is 0 Å². The smallest absolute Gasteiger partial charge is 0.348 e. The van der Waals surface area contributed by atoms with Gasteiger partial charge in [-0.05, 0) is 5.56 Å². The second kappa shape index (κ2) is 3.96. The van der Waals surface area contributed by atoms with Crippen LogP contribution >= 0.6 is 0 Å². The fourth-order valence-electron chi connectivity index (χ4n) is 1.31. The second-order valence-corrected chi connectivity index (χ2v) is 3.01. The molecule has 2 aromatic rings. The van der Waals surface area contributed by atoms with Crippen molar-refractivity contribution in [3.05, 3.63) is 46.9 Å². The van der Waals surface area contributed by atoms with Crippen LogP contribution in [0.5, 0.6) is 5.88 Å². The minimum absolute atomic E-state index is 0.317. The molecule has 4 heteroatoms. The Morgan fingerprint density at radius 1 is 1.27 bits per heavy atom. The highest BCUT2D eigenvalue weighted by molar-refractivity contribution is 5.59. The van der Waals surface area contributed by atoms with Crippen molar-refractivity contribution in [1.82, 2.24) is 9.97 Å². The summed E-state index contributed by atoms with van der Waals surface area (Å²) in [6.07, 6.45) is 0. The van der Waals surface area contributed by atoms with E-state index in [2.05, 4.69) is 9.97 Å². The third-order valence-electron chi connectivity index (χ3n) is 2.02. The van der Waals surface area contributed by atoms with Gasteiger partial charge in [-0.25, -0.2) is 4.79 Å². The summed E-state index contributed by atoms with van der Waals surface area (Å²) in [6.45, 7) is 0. The Hall–Kier alpha value is -2.10. The molecule has 0 aliphatic carbocycles. The lowest BCUT2D eigenvalue weighted by molar-refractivity contribution is 0.395. The Bertz CT molecular complexity index is 505. The van der Waals surface area contributed by atoms with Crippen LogP contribution in [-0.2, 0) is 0 Å². The molecule has 0 aliphatic heterocycles. The molecule has 0 saturated carbocycles. The van der Waals surface area contributed by atoms with Gasteiger partial charge in [-0.3, -0.25) is 0 Å². The molecule has 0 amide bonds. The minimum atomic E-state index is -0.409. The van der Waals surface area contributed by atoms with Gasteiger partial charge in [0.15, 0.2) is 0 Å². The van der Waals surface area contributed by atoms with E-state index in [1.807, 2.05) is 30.3 Å². The van der Waals surface area contributed by atoms with Crippen molar-refractivity contribution in [3.63, 3.8) is 0 Å². The zero-order chi connectivity index (χ0) is 10.7. The number of ether oxygens (including phenoxy) is 1. The van der Waals surface area contributed by atoms with Crippen LogP contribution in [-0.4, -0.2) is 17.1 Å². The highest BCUT2D eigenvalue weighted by Gasteiger charge is 2.02. The maximum absolute atomic E-state index is 11.2. The van der Waals surface area contributed by atoms with Crippen molar-refractivity contribution in [2.45, 2.75) is 0 Å². The third-order valence-corrected chi connectivity index (χ3v) is 2.02. The van der Waals surface area contributed by atoms with Crippen LogP contribution in [0.4, 0.5) is 0 Å². The Labute approximate surface area is 86.6 Å². The highest BCUT2D eigenvalue weighted by Crippen LogP contribution is 2.17. The summed E-state index contributed by atoms with van der Waals surface area (Å²) in [5.41, 5.74) is 1.22. The SMILES string of the molecule is COc1cc(-c2ccccc2)[nH]c(=O)n1. The van der Waals surface area contributed by atoms with Crippen molar-refractivity contribution in [3.8, 4) is 17.1 Å². The van der Waals surface area contributed by atoms with Gasteiger partial charge < -0.3 is 9.72 Å². The van der Waals surface area contributed by atoms with E-state index < -0.39 is 5.69 Å². The monoisotopic (exact) mass is 202 g/mol. The zero-order valence-electron chi connectivity index (χ0n) is 8.23. The van der Waals surface area contributed by atoms with E-state index in [1.54, 1.807) is 6.07 Å². The molecule has 4 nitrogen and oxygen atoms in total. The number of methoxy groups -OCH3 is 1. The molecule has 1 heterocycles. The number of nitrogens with one attached hydrogen (secondary N) is 1. The molecule has 76 valence electrons. The lowest BCUT2D eigenvalue weighted by atomic mass is 10.1. The molecule has 0 aliphatic rings. The van der Waals surface area contributed by atoms with Crippen molar-refractivity contribution in [2.75, 3.05) is 7.11 Å². The van der Waals surface area contributed by atoms with Crippen molar-refractivity contribution < 1.29 is 4.74 Å². The molecule has 15 heavy (non-hydrogen) atoms. The number of rotatable bonds is 2. The van der Waals surface area contributed by atoms with Crippen LogP contribution in [0.1, 0.15) is 0 Å². The molecule has 0 radical (unpaired) electrons. The predicted octanol–water partition coefficient (Wildman–Crippen LogP) is 1.45. The van der Waals surface area contributed by atoms with Gasteiger partial charge in [-0.15, -0.1) is 0 Å². The molecule has 0 unspecified atom stereocenters. The van der Waals surface area contributed by atoms with Crippen LogP contribution in [0, 0.1) is 0 Å². The Kier molecular flexibility index (Phi) is 2.49. The van der Waals surface area contributed by atoms with E-state index in [9.17, 15) is 4.79 Å². The van der Waals surface area contributed by atoms with Gasteiger partial charge in [0, 0.05) is 6.07 Å². The first-order valence-corrected chi connectivity index (χ1v) is 4.50. The van der Waals surface area contributed by atoms with E-state index in [0.29, 0.717) is 11.6 Å². The number of aromatic nitrogens is 2. The van der Waals surface area contributed by atoms with Crippen molar-refractivity contribution in [2.24, 2.45) is 0 Å². The lowest BCUT2D eigenvalue weighted by Crippen LogP contribution is -2.11. The Morgan fingerprint density at radius 3 is 2.67 bits per heavy atom. The van der Waals surface area contributed by atoms with Gasteiger partial charge in [-0.1, -0.05) is 30.3 Å². The molecule has 0 spiro atoms. The normalized spacial score (nSPS) is 9.93. The molecular weight excluding hydrogens is 192 g/mol. The van der Waals surface area contributed by atoms with E-state index in [-0.39, 0.29) is 0 Å². The quantitative estimate of drug-likeness (QED) is 0.801. The van der Waals surface area contributed by atoms with Gasteiger partial charge in [0.2, 0.25) is 5.88 Å².